The lowest BCUT2D eigenvalue weighted by Gasteiger charge is -2.13. The third-order valence-electron chi connectivity index (χ3n) is 3.68. The van der Waals surface area contributed by atoms with Crippen LogP contribution in [0.1, 0.15) is 11.1 Å². The maximum atomic E-state index is 13.6. The van der Waals surface area contributed by atoms with Crippen molar-refractivity contribution in [3.63, 3.8) is 0 Å². The molecule has 0 unspecified atom stereocenters. The molecule has 2 aromatic carbocycles. The van der Waals surface area contributed by atoms with Crippen molar-refractivity contribution < 1.29 is 9.13 Å². The zero-order valence-corrected chi connectivity index (χ0v) is 14.7. The summed E-state index contributed by atoms with van der Waals surface area (Å²) in [6.07, 6.45) is 0. The fraction of sp³-hybridized carbons (Fsp3) is 0.316. The molecule has 3 N–H and O–H groups in total. The van der Waals surface area contributed by atoms with Gasteiger partial charge in [-0.1, -0.05) is 30.3 Å². The van der Waals surface area contributed by atoms with Crippen LogP contribution in [0.4, 0.5) is 10.1 Å². The first-order valence-corrected chi connectivity index (χ1v) is 8.22. The van der Waals surface area contributed by atoms with Gasteiger partial charge in [-0.15, -0.1) is 0 Å². The minimum Gasteiger partial charge on any atom is -0.383 e. The second kappa shape index (κ2) is 10.3. The maximum Gasteiger partial charge on any atom is 0.191 e. The normalized spacial score (nSPS) is 11.2. The number of halogens is 1. The zero-order valence-electron chi connectivity index (χ0n) is 14.7. The highest BCUT2D eigenvalue weighted by molar-refractivity contribution is 5.79. The molecule has 5 nitrogen and oxygen atoms in total. The van der Waals surface area contributed by atoms with Crippen LogP contribution in [0.2, 0.25) is 0 Å². The van der Waals surface area contributed by atoms with Crippen LogP contribution in [0.3, 0.4) is 0 Å². The molecule has 0 heterocycles. The zero-order chi connectivity index (χ0) is 17.9. The third-order valence-corrected chi connectivity index (χ3v) is 3.68. The average molecular weight is 344 g/mol. The van der Waals surface area contributed by atoms with Crippen LogP contribution in [-0.2, 0) is 17.8 Å². The summed E-state index contributed by atoms with van der Waals surface area (Å²) in [6, 6.07) is 14.9. The van der Waals surface area contributed by atoms with Crippen LogP contribution < -0.4 is 16.0 Å². The van der Waals surface area contributed by atoms with Crippen LogP contribution >= 0.6 is 0 Å². The van der Waals surface area contributed by atoms with E-state index in [-0.39, 0.29) is 5.82 Å². The second-order valence-corrected chi connectivity index (χ2v) is 5.49. The van der Waals surface area contributed by atoms with Crippen molar-refractivity contribution in [3.8, 4) is 0 Å². The standard InChI is InChI=1S/C19H25FN4O/c1-21-19(24-14-16-5-3-4-6-18(16)20)23-13-15-7-9-17(10-8-15)22-11-12-25-2/h3-10,22H,11-14H2,1-2H3,(H2,21,23,24). The van der Waals surface area contributed by atoms with Crippen LogP contribution in [0.5, 0.6) is 0 Å². The number of rotatable bonds is 8. The number of anilines is 1. The molecular formula is C19H25FN4O. The third kappa shape index (κ3) is 6.43. The van der Waals surface area contributed by atoms with Gasteiger partial charge >= 0.3 is 0 Å². The highest BCUT2D eigenvalue weighted by atomic mass is 19.1. The van der Waals surface area contributed by atoms with Crippen LogP contribution in [0.15, 0.2) is 53.5 Å². The van der Waals surface area contributed by atoms with E-state index in [0.717, 1.165) is 17.8 Å². The van der Waals surface area contributed by atoms with Crippen molar-refractivity contribution in [1.82, 2.24) is 10.6 Å². The molecule has 0 saturated heterocycles. The Kier molecular flexibility index (Phi) is 7.72. The molecule has 0 spiro atoms. The molecule has 6 heteroatoms. The van der Waals surface area contributed by atoms with E-state index in [2.05, 4.69) is 20.9 Å². The number of nitrogens with zero attached hydrogens (tertiary/aromatic N) is 1. The largest absolute Gasteiger partial charge is 0.383 e. The van der Waals surface area contributed by atoms with Gasteiger partial charge in [0.15, 0.2) is 5.96 Å². The molecule has 0 fully saturated rings. The van der Waals surface area contributed by atoms with Gasteiger partial charge in [0.1, 0.15) is 5.82 Å². The van der Waals surface area contributed by atoms with E-state index >= 15 is 0 Å². The van der Waals surface area contributed by atoms with Gasteiger partial charge < -0.3 is 20.7 Å². The summed E-state index contributed by atoms with van der Waals surface area (Å²) in [6.45, 7) is 2.47. The Balaban J connectivity index is 1.79. The number of aliphatic imine (C=N–C) groups is 1. The van der Waals surface area contributed by atoms with E-state index < -0.39 is 0 Å². The van der Waals surface area contributed by atoms with Crippen molar-refractivity contribution in [3.05, 3.63) is 65.5 Å². The van der Waals surface area contributed by atoms with Gasteiger partial charge in [0, 0.05) is 45.0 Å². The number of nitrogens with one attached hydrogen (secondary N) is 3. The van der Waals surface area contributed by atoms with Gasteiger partial charge in [0.05, 0.1) is 6.61 Å². The highest BCUT2D eigenvalue weighted by Crippen LogP contribution is 2.09. The van der Waals surface area contributed by atoms with E-state index in [4.69, 9.17) is 4.74 Å². The Morgan fingerprint density at radius 3 is 2.44 bits per heavy atom. The van der Waals surface area contributed by atoms with E-state index in [9.17, 15) is 4.39 Å². The van der Waals surface area contributed by atoms with Crippen LogP contribution in [0, 0.1) is 5.82 Å². The molecule has 0 bridgehead atoms. The molecule has 0 saturated carbocycles. The minimum absolute atomic E-state index is 0.220. The average Bonchev–Trinajstić information content (AvgIpc) is 2.64. The molecule has 0 radical (unpaired) electrons. The molecule has 2 aromatic rings. The number of hydrogen-bond acceptors (Lipinski definition) is 3. The van der Waals surface area contributed by atoms with Gasteiger partial charge in [0.25, 0.3) is 0 Å². The second-order valence-electron chi connectivity index (χ2n) is 5.49. The molecule has 134 valence electrons. The first-order chi connectivity index (χ1) is 12.2. The molecule has 25 heavy (non-hydrogen) atoms. The lowest BCUT2D eigenvalue weighted by molar-refractivity contribution is 0.211. The number of ether oxygens (including phenoxy) is 1. The van der Waals surface area contributed by atoms with Gasteiger partial charge in [-0.05, 0) is 23.8 Å². The van der Waals surface area contributed by atoms with Crippen LogP contribution in [-0.4, -0.2) is 33.3 Å². The summed E-state index contributed by atoms with van der Waals surface area (Å²) in [4.78, 5) is 4.16. The first-order valence-electron chi connectivity index (χ1n) is 8.22. The molecule has 0 aliphatic carbocycles. The fourth-order valence-corrected chi connectivity index (χ4v) is 2.26. The van der Waals surface area contributed by atoms with Gasteiger partial charge in [-0.25, -0.2) is 4.39 Å². The van der Waals surface area contributed by atoms with Gasteiger partial charge in [0.2, 0.25) is 0 Å². The molecule has 0 aliphatic rings. The van der Waals surface area contributed by atoms with E-state index in [1.165, 1.54) is 6.07 Å². The van der Waals surface area contributed by atoms with Crippen molar-refractivity contribution >= 4 is 11.6 Å². The Labute approximate surface area is 148 Å². The van der Waals surface area contributed by atoms with E-state index in [1.807, 2.05) is 30.3 Å². The Morgan fingerprint density at radius 2 is 1.76 bits per heavy atom. The minimum atomic E-state index is -0.220. The number of benzene rings is 2. The van der Waals surface area contributed by atoms with E-state index in [1.54, 1.807) is 26.3 Å². The summed E-state index contributed by atoms with van der Waals surface area (Å²) in [7, 11) is 3.38. The van der Waals surface area contributed by atoms with Crippen molar-refractivity contribution in [1.29, 1.82) is 0 Å². The lowest BCUT2D eigenvalue weighted by atomic mass is 10.2. The predicted octanol–water partition coefficient (Wildman–Crippen LogP) is 2.75. The highest BCUT2D eigenvalue weighted by Gasteiger charge is 2.03. The van der Waals surface area contributed by atoms with Crippen LogP contribution in [0.25, 0.3) is 0 Å². The summed E-state index contributed by atoms with van der Waals surface area (Å²) >= 11 is 0. The number of methoxy groups -OCH3 is 1. The molecule has 0 amide bonds. The maximum absolute atomic E-state index is 13.6. The summed E-state index contributed by atoms with van der Waals surface area (Å²) in [5, 5.41) is 9.61. The molecule has 0 atom stereocenters. The first kappa shape index (κ1) is 18.7. The van der Waals surface area contributed by atoms with Gasteiger partial charge in [-0.2, -0.15) is 0 Å². The summed E-state index contributed by atoms with van der Waals surface area (Å²) in [5.74, 6) is 0.410. The smallest absolute Gasteiger partial charge is 0.191 e. The summed E-state index contributed by atoms with van der Waals surface area (Å²) < 4.78 is 18.6. The predicted molar refractivity (Wildman–Crippen MR) is 100 cm³/mol. The summed E-state index contributed by atoms with van der Waals surface area (Å²) in [5.41, 5.74) is 2.80. The quantitative estimate of drug-likeness (QED) is 0.392. The molecule has 0 aromatic heterocycles. The molecule has 2 rings (SSSR count). The van der Waals surface area contributed by atoms with Gasteiger partial charge in [-0.3, -0.25) is 4.99 Å². The number of guanidine groups is 1. The fourth-order valence-electron chi connectivity index (χ4n) is 2.26. The lowest BCUT2D eigenvalue weighted by Crippen LogP contribution is -2.36. The Hall–Kier alpha value is -2.60. The molecule has 0 aliphatic heterocycles. The SMILES string of the molecule is CN=C(NCc1ccc(NCCOC)cc1)NCc1ccccc1F. The Morgan fingerprint density at radius 1 is 1.04 bits per heavy atom. The van der Waals surface area contributed by atoms with Crippen molar-refractivity contribution in [2.24, 2.45) is 4.99 Å². The van der Waals surface area contributed by atoms with Crippen molar-refractivity contribution in [2.45, 2.75) is 13.1 Å². The van der Waals surface area contributed by atoms with Crippen molar-refractivity contribution in [2.75, 3.05) is 32.6 Å². The van der Waals surface area contributed by atoms with E-state index in [0.29, 0.717) is 31.2 Å². The topological polar surface area (TPSA) is 57.7 Å². The Bertz CT molecular complexity index is 673. The monoisotopic (exact) mass is 344 g/mol. The number of hydrogen-bond donors (Lipinski definition) is 3. The molecular weight excluding hydrogens is 319 g/mol.